The van der Waals surface area contributed by atoms with E-state index >= 15 is 0 Å². The lowest BCUT2D eigenvalue weighted by molar-refractivity contribution is -0.145. The maximum Gasteiger partial charge on any atom is 0.310 e. The molecule has 0 aromatic rings. The van der Waals surface area contributed by atoms with Crippen molar-refractivity contribution in [3.63, 3.8) is 0 Å². The third-order valence-electron chi connectivity index (χ3n) is 6.48. The third-order valence-corrected chi connectivity index (χ3v) is 6.48. The maximum absolute atomic E-state index is 12.4. The van der Waals surface area contributed by atoms with Crippen LogP contribution < -0.4 is 5.32 Å². The molecule has 3 aliphatic rings. The maximum atomic E-state index is 12.4. The van der Waals surface area contributed by atoms with Gasteiger partial charge >= 0.3 is 5.97 Å². The Morgan fingerprint density at radius 3 is 2.95 bits per heavy atom. The van der Waals surface area contributed by atoms with Crippen LogP contribution in [0, 0.1) is 17.3 Å². The van der Waals surface area contributed by atoms with Crippen molar-refractivity contribution in [3.05, 3.63) is 11.1 Å². The van der Waals surface area contributed by atoms with Crippen molar-refractivity contribution in [3.8, 4) is 0 Å². The lowest BCUT2D eigenvalue weighted by Crippen LogP contribution is -2.41. The molecule has 3 rings (SSSR count). The van der Waals surface area contributed by atoms with Gasteiger partial charge in [-0.05, 0) is 57.8 Å². The number of hydrogen-bond acceptors (Lipinski definition) is 3. The van der Waals surface area contributed by atoms with E-state index < -0.39 is 0 Å². The highest BCUT2D eigenvalue weighted by molar-refractivity contribution is 5.76. The van der Waals surface area contributed by atoms with Crippen LogP contribution in [-0.2, 0) is 9.53 Å². The number of carbonyl (C=O) groups excluding carboxylic acids is 1. The van der Waals surface area contributed by atoms with Crippen molar-refractivity contribution in [2.45, 2.75) is 78.4 Å². The second kappa shape index (κ2) is 5.99. The Labute approximate surface area is 134 Å². The van der Waals surface area contributed by atoms with Gasteiger partial charge in [-0.3, -0.25) is 4.79 Å². The molecule has 0 bridgehead atoms. The first-order valence-corrected chi connectivity index (χ1v) is 9.07. The number of carbonyl (C=O) groups is 1. The van der Waals surface area contributed by atoms with E-state index in [1.54, 1.807) is 11.1 Å². The number of hydrogen-bond donors (Lipinski definition) is 1. The van der Waals surface area contributed by atoms with Crippen LogP contribution in [0.25, 0.3) is 0 Å². The molecule has 1 aliphatic heterocycles. The summed E-state index contributed by atoms with van der Waals surface area (Å²) in [6.45, 7) is 9.83. The second-order valence-electron chi connectivity index (χ2n) is 8.04. The third kappa shape index (κ3) is 2.73. The standard InChI is InChI=1S/C19H31NO2/c1-5-13(3)20-11-15-14-9-16-12(2)7-6-8-19(16,4)10-17(14)22-18(15)21/h13-15,17,20H,5-11H2,1-4H3. The van der Waals surface area contributed by atoms with Crippen molar-refractivity contribution in [1.82, 2.24) is 5.32 Å². The van der Waals surface area contributed by atoms with Crippen molar-refractivity contribution in [1.29, 1.82) is 0 Å². The van der Waals surface area contributed by atoms with Crippen molar-refractivity contribution < 1.29 is 9.53 Å². The fourth-order valence-electron chi connectivity index (χ4n) is 4.82. The quantitative estimate of drug-likeness (QED) is 0.633. The van der Waals surface area contributed by atoms with E-state index in [0.29, 0.717) is 12.0 Å². The van der Waals surface area contributed by atoms with Gasteiger partial charge in [-0.15, -0.1) is 0 Å². The van der Waals surface area contributed by atoms with Gasteiger partial charge in [0.2, 0.25) is 0 Å². The zero-order chi connectivity index (χ0) is 15.9. The van der Waals surface area contributed by atoms with E-state index in [1.165, 1.54) is 19.3 Å². The van der Waals surface area contributed by atoms with Gasteiger partial charge < -0.3 is 10.1 Å². The highest BCUT2D eigenvalue weighted by Gasteiger charge is 2.52. The first kappa shape index (κ1) is 16.0. The van der Waals surface area contributed by atoms with Crippen LogP contribution in [0.2, 0.25) is 0 Å². The van der Waals surface area contributed by atoms with E-state index in [0.717, 1.165) is 25.8 Å². The highest BCUT2D eigenvalue weighted by Crippen LogP contribution is 2.54. The van der Waals surface area contributed by atoms with Crippen LogP contribution in [0.15, 0.2) is 11.1 Å². The summed E-state index contributed by atoms with van der Waals surface area (Å²) in [5.41, 5.74) is 3.51. The van der Waals surface area contributed by atoms with Crippen LogP contribution >= 0.6 is 0 Å². The molecule has 0 aromatic heterocycles. The number of nitrogens with one attached hydrogen (secondary N) is 1. The van der Waals surface area contributed by atoms with E-state index in [9.17, 15) is 4.79 Å². The SMILES string of the molecule is CCC(C)NCC1C(=O)OC2CC3(C)CCCC(C)=C3CC21. The van der Waals surface area contributed by atoms with Gasteiger partial charge in [0, 0.05) is 18.5 Å². The van der Waals surface area contributed by atoms with Gasteiger partial charge in [-0.25, -0.2) is 0 Å². The van der Waals surface area contributed by atoms with Crippen molar-refractivity contribution in [2.24, 2.45) is 17.3 Å². The lowest BCUT2D eigenvalue weighted by Gasteiger charge is -2.45. The minimum atomic E-state index is 0.0336. The number of fused-ring (bicyclic) bond motifs is 2. The van der Waals surface area contributed by atoms with E-state index in [2.05, 4.69) is 33.0 Å². The zero-order valence-corrected chi connectivity index (χ0v) is 14.6. The molecule has 0 aromatic carbocycles. The molecule has 124 valence electrons. The van der Waals surface area contributed by atoms with Crippen LogP contribution in [0.4, 0.5) is 0 Å². The van der Waals surface area contributed by atoms with Gasteiger partial charge in [0.15, 0.2) is 0 Å². The lowest BCUT2D eigenvalue weighted by atomic mass is 9.59. The smallest absolute Gasteiger partial charge is 0.310 e. The molecule has 1 saturated heterocycles. The molecular formula is C19H31NO2. The molecular weight excluding hydrogens is 274 g/mol. The Bertz CT molecular complexity index is 484. The van der Waals surface area contributed by atoms with Crippen molar-refractivity contribution in [2.75, 3.05) is 6.54 Å². The number of allylic oxidation sites excluding steroid dienone is 2. The Morgan fingerprint density at radius 1 is 1.45 bits per heavy atom. The molecule has 5 atom stereocenters. The summed E-state index contributed by atoms with van der Waals surface area (Å²) in [7, 11) is 0. The molecule has 5 unspecified atom stereocenters. The van der Waals surface area contributed by atoms with Gasteiger partial charge in [0.25, 0.3) is 0 Å². The average Bonchev–Trinajstić information content (AvgIpc) is 2.77. The molecule has 0 radical (unpaired) electrons. The van der Waals surface area contributed by atoms with E-state index in [-0.39, 0.29) is 23.4 Å². The topological polar surface area (TPSA) is 38.3 Å². The fraction of sp³-hybridized carbons (Fsp3) is 0.842. The van der Waals surface area contributed by atoms with E-state index in [4.69, 9.17) is 4.74 Å². The second-order valence-corrected chi connectivity index (χ2v) is 8.04. The normalized spacial score (nSPS) is 39.3. The van der Waals surface area contributed by atoms with Crippen LogP contribution in [0.1, 0.15) is 66.2 Å². The summed E-state index contributed by atoms with van der Waals surface area (Å²) < 4.78 is 5.79. The number of rotatable bonds is 4. The summed E-state index contributed by atoms with van der Waals surface area (Å²) in [6, 6.07) is 0.469. The first-order chi connectivity index (χ1) is 10.4. The minimum absolute atomic E-state index is 0.0336. The molecule has 0 spiro atoms. The number of esters is 1. The highest BCUT2D eigenvalue weighted by atomic mass is 16.6. The van der Waals surface area contributed by atoms with Crippen molar-refractivity contribution >= 4 is 5.97 Å². The predicted octanol–water partition coefficient (Wildman–Crippen LogP) is 3.83. The summed E-state index contributed by atoms with van der Waals surface area (Å²) in [4.78, 5) is 12.4. The Balaban J connectivity index is 1.77. The summed E-state index contributed by atoms with van der Waals surface area (Å²) in [5, 5.41) is 3.51. The van der Waals surface area contributed by atoms with Gasteiger partial charge in [-0.1, -0.05) is 25.0 Å². The monoisotopic (exact) mass is 305 g/mol. The summed E-state index contributed by atoms with van der Waals surface area (Å²) in [6.07, 6.45) is 7.15. The largest absolute Gasteiger partial charge is 0.462 e. The van der Waals surface area contributed by atoms with Crippen LogP contribution in [0.3, 0.4) is 0 Å². The Morgan fingerprint density at radius 2 is 2.23 bits per heavy atom. The van der Waals surface area contributed by atoms with Crippen LogP contribution in [0.5, 0.6) is 0 Å². The molecule has 0 amide bonds. The molecule has 3 nitrogen and oxygen atoms in total. The summed E-state index contributed by atoms with van der Waals surface area (Å²) >= 11 is 0. The average molecular weight is 305 g/mol. The molecule has 1 N–H and O–H groups in total. The Hall–Kier alpha value is -0.830. The van der Waals surface area contributed by atoms with Gasteiger partial charge in [0.05, 0.1) is 5.92 Å². The molecule has 1 heterocycles. The van der Waals surface area contributed by atoms with E-state index in [1.807, 2.05) is 0 Å². The zero-order valence-electron chi connectivity index (χ0n) is 14.6. The molecule has 2 aliphatic carbocycles. The van der Waals surface area contributed by atoms with Crippen LogP contribution in [-0.4, -0.2) is 24.7 Å². The number of ether oxygens (including phenoxy) is 1. The molecule has 1 saturated carbocycles. The summed E-state index contributed by atoms with van der Waals surface area (Å²) in [5.74, 6) is 0.470. The first-order valence-electron chi connectivity index (χ1n) is 9.07. The Kier molecular flexibility index (Phi) is 4.37. The molecule has 22 heavy (non-hydrogen) atoms. The molecule has 2 fully saturated rings. The predicted molar refractivity (Wildman–Crippen MR) is 88.5 cm³/mol. The van der Waals surface area contributed by atoms with Gasteiger partial charge in [0.1, 0.15) is 6.10 Å². The minimum Gasteiger partial charge on any atom is -0.462 e. The fourth-order valence-corrected chi connectivity index (χ4v) is 4.82. The molecule has 3 heteroatoms. The van der Waals surface area contributed by atoms with Gasteiger partial charge in [-0.2, -0.15) is 0 Å².